The first kappa shape index (κ1) is 16.1. The van der Waals surface area contributed by atoms with Crippen LogP contribution in [0.3, 0.4) is 0 Å². The van der Waals surface area contributed by atoms with Crippen LogP contribution >= 0.6 is 0 Å². The second-order valence-corrected chi connectivity index (χ2v) is 8.02. The van der Waals surface area contributed by atoms with E-state index >= 15 is 0 Å². The van der Waals surface area contributed by atoms with Crippen LogP contribution in [0.15, 0.2) is 29.2 Å². The van der Waals surface area contributed by atoms with Crippen molar-refractivity contribution in [3.8, 4) is 0 Å². The van der Waals surface area contributed by atoms with E-state index in [1.807, 2.05) is 0 Å². The molecule has 124 valence electrons. The lowest BCUT2D eigenvalue weighted by atomic mass is 10.2. The molecular weight excluding hydrogens is 316 g/mol. The third kappa shape index (κ3) is 3.30. The zero-order valence-corrected chi connectivity index (χ0v) is 13.9. The molecule has 3 rings (SSSR count). The predicted octanol–water partition coefficient (Wildman–Crippen LogP) is 1.13. The summed E-state index contributed by atoms with van der Waals surface area (Å²) in [6.45, 7) is 2.96. The number of carbonyl (C=O) groups is 2. The molecule has 1 heterocycles. The summed E-state index contributed by atoms with van der Waals surface area (Å²) in [4.78, 5) is 25.2. The quantitative estimate of drug-likeness (QED) is 0.773. The molecule has 0 atom stereocenters. The first-order valence-electron chi connectivity index (χ1n) is 7.79. The topological polar surface area (TPSA) is 74.8 Å². The van der Waals surface area contributed by atoms with Crippen LogP contribution in [0.1, 0.15) is 30.1 Å². The molecule has 0 aromatic heterocycles. The Hall–Kier alpha value is -1.73. The normalized spacial score (nSPS) is 19.6. The highest BCUT2D eigenvalue weighted by Gasteiger charge is 2.36. The van der Waals surface area contributed by atoms with Gasteiger partial charge in [0, 0.05) is 37.7 Å². The molecule has 0 spiro atoms. The number of piperazine rings is 1. The number of carbonyl (C=O) groups excluding carboxylic acids is 2. The first-order valence-corrected chi connectivity index (χ1v) is 9.23. The summed E-state index contributed by atoms with van der Waals surface area (Å²) >= 11 is 0. The van der Waals surface area contributed by atoms with Crippen molar-refractivity contribution in [2.24, 2.45) is 5.92 Å². The van der Waals surface area contributed by atoms with E-state index < -0.39 is 10.0 Å². The van der Waals surface area contributed by atoms with E-state index in [0.29, 0.717) is 31.7 Å². The van der Waals surface area contributed by atoms with Gasteiger partial charge in [0.2, 0.25) is 15.9 Å². The second-order valence-electron chi connectivity index (χ2n) is 6.08. The van der Waals surface area contributed by atoms with Gasteiger partial charge in [-0.05, 0) is 31.9 Å². The highest BCUT2D eigenvalue weighted by molar-refractivity contribution is 7.89. The number of nitrogens with zero attached hydrogens (tertiary/aromatic N) is 2. The first-order chi connectivity index (χ1) is 10.9. The second kappa shape index (κ2) is 6.05. The lowest BCUT2D eigenvalue weighted by Crippen LogP contribution is -2.50. The Labute approximate surface area is 136 Å². The van der Waals surface area contributed by atoms with Gasteiger partial charge in [-0.1, -0.05) is 12.1 Å². The fourth-order valence-corrected chi connectivity index (χ4v) is 4.17. The summed E-state index contributed by atoms with van der Waals surface area (Å²) in [5.74, 6) is 0.228. The van der Waals surface area contributed by atoms with Crippen molar-refractivity contribution in [2.75, 3.05) is 26.2 Å². The maximum absolute atomic E-state index is 12.6. The van der Waals surface area contributed by atoms with E-state index in [4.69, 9.17) is 0 Å². The number of sulfonamides is 1. The number of hydrogen-bond acceptors (Lipinski definition) is 4. The molecule has 2 aliphatic rings. The molecule has 0 unspecified atom stereocenters. The molecule has 6 nitrogen and oxygen atoms in total. The molecular formula is C16H20N2O4S. The summed E-state index contributed by atoms with van der Waals surface area (Å²) < 4.78 is 26.7. The van der Waals surface area contributed by atoms with Gasteiger partial charge in [-0.25, -0.2) is 8.42 Å². The molecule has 1 aromatic rings. The van der Waals surface area contributed by atoms with Gasteiger partial charge in [0.25, 0.3) is 0 Å². The molecule has 1 amide bonds. The van der Waals surface area contributed by atoms with Gasteiger partial charge < -0.3 is 4.90 Å². The van der Waals surface area contributed by atoms with Crippen molar-refractivity contribution in [1.29, 1.82) is 0 Å². The highest BCUT2D eigenvalue weighted by atomic mass is 32.2. The molecule has 1 saturated heterocycles. The van der Waals surface area contributed by atoms with E-state index in [2.05, 4.69) is 0 Å². The van der Waals surface area contributed by atoms with Crippen molar-refractivity contribution < 1.29 is 18.0 Å². The fourth-order valence-electron chi connectivity index (χ4n) is 2.75. The van der Waals surface area contributed by atoms with E-state index in [0.717, 1.165) is 12.8 Å². The Morgan fingerprint density at radius 1 is 1.00 bits per heavy atom. The Balaban J connectivity index is 1.68. The third-order valence-electron chi connectivity index (χ3n) is 4.38. The fraction of sp³-hybridized carbons (Fsp3) is 0.500. The maximum Gasteiger partial charge on any atom is 0.243 e. The highest BCUT2D eigenvalue weighted by Crippen LogP contribution is 2.31. The minimum atomic E-state index is -3.57. The Morgan fingerprint density at radius 3 is 2.04 bits per heavy atom. The summed E-state index contributed by atoms with van der Waals surface area (Å²) in [5.41, 5.74) is 0.490. The van der Waals surface area contributed by atoms with Gasteiger partial charge in [-0.3, -0.25) is 9.59 Å². The van der Waals surface area contributed by atoms with Crippen LogP contribution in [0, 0.1) is 5.92 Å². The number of benzene rings is 1. The van der Waals surface area contributed by atoms with Crippen LogP contribution in [0.2, 0.25) is 0 Å². The lowest BCUT2D eigenvalue weighted by Gasteiger charge is -2.34. The molecule has 1 aromatic carbocycles. The van der Waals surface area contributed by atoms with Gasteiger partial charge in [0.15, 0.2) is 5.78 Å². The zero-order valence-electron chi connectivity index (χ0n) is 13.1. The predicted molar refractivity (Wildman–Crippen MR) is 84.5 cm³/mol. The Bertz CT molecular complexity index is 715. The lowest BCUT2D eigenvalue weighted by molar-refractivity contribution is -0.133. The molecule has 2 fully saturated rings. The van der Waals surface area contributed by atoms with Gasteiger partial charge in [0.05, 0.1) is 4.90 Å². The number of ketones is 1. The van der Waals surface area contributed by atoms with Crippen molar-refractivity contribution in [3.05, 3.63) is 29.8 Å². The minimum absolute atomic E-state index is 0.0962. The standard InChI is InChI=1S/C16H20N2O4S/c1-12(19)13-4-6-15(7-5-13)23(21,22)18-10-8-17(9-11-18)16(20)14-2-3-14/h4-7,14H,2-3,8-11H2,1H3. The molecule has 7 heteroatoms. The summed E-state index contributed by atoms with van der Waals surface area (Å²) in [6.07, 6.45) is 1.92. The average molecular weight is 336 g/mol. The molecule has 1 saturated carbocycles. The van der Waals surface area contributed by atoms with E-state index in [1.54, 1.807) is 4.90 Å². The molecule has 0 radical (unpaired) electrons. The SMILES string of the molecule is CC(=O)c1ccc(S(=O)(=O)N2CCN(C(=O)C3CC3)CC2)cc1. The summed E-state index contributed by atoms with van der Waals surface area (Å²) in [6, 6.07) is 5.99. The Kier molecular flexibility index (Phi) is 4.25. The molecule has 1 aliphatic heterocycles. The van der Waals surface area contributed by atoms with E-state index in [1.165, 1.54) is 35.5 Å². The van der Waals surface area contributed by atoms with Crippen LogP contribution in [0.25, 0.3) is 0 Å². The minimum Gasteiger partial charge on any atom is -0.340 e. The monoisotopic (exact) mass is 336 g/mol. The maximum atomic E-state index is 12.6. The van der Waals surface area contributed by atoms with Crippen molar-refractivity contribution in [1.82, 2.24) is 9.21 Å². The van der Waals surface area contributed by atoms with Crippen LogP contribution in [-0.4, -0.2) is 55.5 Å². The van der Waals surface area contributed by atoms with E-state index in [9.17, 15) is 18.0 Å². The summed E-state index contributed by atoms with van der Waals surface area (Å²) in [7, 11) is -3.57. The molecule has 23 heavy (non-hydrogen) atoms. The van der Waals surface area contributed by atoms with Crippen LogP contribution in [-0.2, 0) is 14.8 Å². The van der Waals surface area contributed by atoms with Gasteiger partial charge in [-0.2, -0.15) is 4.31 Å². The van der Waals surface area contributed by atoms with Gasteiger partial charge in [-0.15, -0.1) is 0 Å². The van der Waals surface area contributed by atoms with Crippen molar-refractivity contribution >= 4 is 21.7 Å². The third-order valence-corrected chi connectivity index (χ3v) is 6.29. The van der Waals surface area contributed by atoms with Crippen LogP contribution < -0.4 is 0 Å². The molecule has 0 N–H and O–H groups in total. The van der Waals surface area contributed by atoms with Crippen LogP contribution in [0.4, 0.5) is 0 Å². The average Bonchev–Trinajstić information content (AvgIpc) is 3.39. The molecule has 0 bridgehead atoms. The van der Waals surface area contributed by atoms with Gasteiger partial charge in [0.1, 0.15) is 0 Å². The van der Waals surface area contributed by atoms with Crippen molar-refractivity contribution in [2.45, 2.75) is 24.7 Å². The Morgan fingerprint density at radius 2 is 1.57 bits per heavy atom. The smallest absolute Gasteiger partial charge is 0.243 e. The zero-order chi connectivity index (χ0) is 16.6. The number of Topliss-reactive ketones (excluding diaryl/α,β-unsaturated/α-hetero) is 1. The number of amides is 1. The molecule has 1 aliphatic carbocycles. The summed E-state index contributed by atoms with van der Waals surface area (Å²) in [5, 5.41) is 0. The number of rotatable bonds is 4. The van der Waals surface area contributed by atoms with E-state index in [-0.39, 0.29) is 22.5 Å². The van der Waals surface area contributed by atoms with Gasteiger partial charge >= 0.3 is 0 Å². The van der Waals surface area contributed by atoms with Crippen LogP contribution in [0.5, 0.6) is 0 Å². The van der Waals surface area contributed by atoms with Crippen molar-refractivity contribution in [3.63, 3.8) is 0 Å². The largest absolute Gasteiger partial charge is 0.340 e. The number of hydrogen-bond donors (Lipinski definition) is 0.